The number of nitrogens with zero attached hydrogens (tertiary/aromatic N) is 3. The molecule has 2 aromatic carbocycles. The van der Waals surface area contributed by atoms with Crippen molar-refractivity contribution in [1.29, 1.82) is 0 Å². The third-order valence-corrected chi connectivity index (χ3v) is 4.39. The Bertz CT molecular complexity index is 1070. The second kappa shape index (κ2) is 7.88. The van der Waals surface area contributed by atoms with Crippen LogP contribution in [0.2, 0.25) is 0 Å². The molecule has 4 rings (SSSR count). The number of amides is 1. The number of carbonyl (C=O) groups is 1. The normalized spacial score (nSPS) is 10.6. The summed E-state index contributed by atoms with van der Waals surface area (Å²) >= 11 is 0. The van der Waals surface area contributed by atoms with Gasteiger partial charge >= 0.3 is 0 Å². The molecule has 0 aliphatic carbocycles. The summed E-state index contributed by atoms with van der Waals surface area (Å²) in [6.07, 6.45) is 3.52. The summed E-state index contributed by atoms with van der Waals surface area (Å²) in [5, 5.41) is 7.56. The lowest BCUT2D eigenvalue weighted by Crippen LogP contribution is -2.13. The number of aryl methyl sites for hydroxylation is 1. The lowest BCUT2D eigenvalue weighted by molar-refractivity contribution is 0.102. The lowest BCUT2D eigenvalue weighted by Gasteiger charge is -2.05. The van der Waals surface area contributed by atoms with E-state index in [1.54, 1.807) is 23.1 Å². The Morgan fingerprint density at radius 3 is 2.36 bits per heavy atom. The zero-order valence-corrected chi connectivity index (χ0v) is 15.5. The number of hydrogen-bond acceptors (Lipinski definition) is 3. The molecule has 0 aliphatic rings. The van der Waals surface area contributed by atoms with Gasteiger partial charge in [0.15, 0.2) is 0 Å². The van der Waals surface area contributed by atoms with E-state index in [-0.39, 0.29) is 5.91 Å². The third kappa shape index (κ3) is 3.99. The fourth-order valence-electron chi connectivity index (χ4n) is 2.97. The monoisotopic (exact) mass is 368 g/mol. The highest BCUT2D eigenvalue weighted by Gasteiger charge is 2.18. The number of aromatic nitrogens is 3. The zero-order chi connectivity index (χ0) is 19.3. The van der Waals surface area contributed by atoms with E-state index in [1.807, 2.05) is 73.7 Å². The molecule has 4 aromatic rings. The average Bonchev–Trinajstić information content (AvgIpc) is 3.15. The summed E-state index contributed by atoms with van der Waals surface area (Å²) in [6, 6.07) is 23.5. The van der Waals surface area contributed by atoms with Gasteiger partial charge in [-0.15, -0.1) is 0 Å². The van der Waals surface area contributed by atoms with Gasteiger partial charge in [0.2, 0.25) is 0 Å². The van der Waals surface area contributed by atoms with E-state index in [1.165, 1.54) is 0 Å². The number of anilines is 1. The van der Waals surface area contributed by atoms with Crippen LogP contribution < -0.4 is 5.32 Å². The van der Waals surface area contributed by atoms with Crippen molar-refractivity contribution in [3.05, 3.63) is 102 Å². The van der Waals surface area contributed by atoms with Crippen LogP contribution in [0.3, 0.4) is 0 Å². The van der Waals surface area contributed by atoms with Gasteiger partial charge in [0.25, 0.3) is 5.91 Å². The first kappa shape index (κ1) is 17.7. The molecule has 5 nitrogen and oxygen atoms in total. The Labute approximate surface area is 163 Å². The number of hydrogen-bond donors (Lipinski definition) is 1. The van der Waals surface area contributed by atoms with E-state index in [9.17, 15) is 4.79 Å². The van der Waals surface area contributed by atoms with Crippen LogP contribution in [0.25, 0.3) is 11.3 Å². The molecule has 138 valence electrons. The maximum Gasteiger partial charge on any atom is 0.260 e. The first-order valence-corrected chi connectivity index (χ1v) is 9.10. The number of pyridine rings is 1. The van der Waals surface area contributed by atoms with Gasteiger partial charge in [-0.05, 0) is 24.1 Å². The van der Waals surface area contributed by atoms with Crippen molar-refractivity contribution in [2.45, 2.75) is 13.5 Å². The molecule has 0 saturated carbocycles. The van der Waals surface area contributed by atoms with Crippen molar-refractivity contribution in [3.63, 3.8) is 0 Å². The largest absolute Gasteiger partial charge is 0.306 e. The first-order chi connectivity index (χ1) is 13.7. The quantitative estimate of drug-likeness (QED) is 0.562. The van der Waals surface area contributed by atoms with E-state index < -0.39 is 0 Å². The summed E-state index contributed by atoms with van der Waals surface area (Å²) < 4.78 is 1.80. The predicted octanol–water partition coefficient (Wildman–Crippen LogP) is 4.55. The molecule has 1 amide bonds. The topological polar surface area (TPSA) is 59.8 Å². The molecule has 1 N–H and O–H groups in total. The molecule has 0 atom stereocenters. The summed E-state index contributed by atoms with van der Waals surface area (Å²) in [4.78, 5) is 17.2. The van der Waals surface area contributed by atoms with Crippen LogP contribution in [0.15, 0.2) is 85.2 Å². The number of rotatable bonds is 5. The summed E-state index contributed by atoms with van der Waals surface area (Å²) in [5.74, 6) is 0.292. The van der Waals surface area contributed by atoms with Crippen LogP contribution in [-0.4, -0.2) is 20.7 Å². The van der Waals surface area contributed by atoms with Crippen LogP contribution in [-0.2, 0) is 6.54 Å². The zero-order valence-electron chi connectivity index (χ0n) is 15.5. The molecule has 5 heteroatoms. The van der Waals surface area contributed by atoms with Gasteiger partial charge in [-0.3, -0.25) is 9.48 Å². The van der Waals surface area contributed by atoms with Crippen molar-refractivity contribution in [2.24, 2.45) is 0 Å². The fraction of sp³-hybridized carbons (Fsp3) is 0.0870. The standard InChI is InChI=1S/C23H20N4O/c1-17-12-13-21(24-14-17)25-23(28)20-16-27(15-18-8-4-2-5-9-18)26-22(20)19-10-6-3-7-11-19/h2-14,16H,15H2,1H3,(H,24,25,28). The second-order valence-electron chi connectivity index (χ2n) is 6.62. The Balaban J connectivity index is 1.67. The number of carbonyl (C=O) groups excluding carboxylic acids is 1. The van der Waals surface area contributed by atoms with E-state index in [0.29, 0.717) is 23.6 Å². The van der Waals surface area contributed by atoms with E-state index in [2.05, 4.69) is 15.4 Å². The van der Waals surface area contributed by atoms with Gasteiger partial charge in [-0.2, -0.15) is 5.10 Å². The van der Waals surface area contributed by atoms with E-state index in [0.717, 1.165) is 16.7 Å². The fourth-order valence-corrected chi connectivity index (χ4v) is 2.97. The maximum atomic E-state index is 13.0. The molecule has 0 fully saturated rings. The van der Waals surface area contributed by atoms with Gasteiger partial charge in [0, 0.05) is 18.0 Å². The molecule has 0 aliphatic heterocycles. The van der Waals surface area contributed by atoms with Crippen LogP contribution in [0.1, 0.15) is 21.5 Å². The highest BCUT2D eigenvalue weighted by molar-refractivity contribution is 6.07. The van der Waals surface area contributed by atoms with Crippen LogP contribution in [0, 0.1) is 6.92 Å². The molecule has 0 spiro atoms. The lowest BCUT2D eigenvalue weighted by atomic mass is 10.1. The molecular weight excluding hydrogens is 348 g/mol. The summed E-state index contributed by atoms with van der Waals surface area (Å²) in [7, 11) is 0. The van der Waals surface area contributed by atoms with Crippen molar-refractivity contribution >= 4 is 11.7 Å². The van der Waals surface area contributed by atoms with Gasteiger partial charge in [-0.1, -0.05) is 66.7 Å². The minimum absolute atomic E-state index is 0.227. The van der Waals surface area contributed by atoms with Crippen LogP contribution in [0.4, 0.5) is 5.82 Å². The third-order valence-electron chi connectivity index (χ3n) is 4.39. The van der Waals surface area contributed by atoms with E-state index >= 15 is 0 Å². The highest BCUT2D eigenvalue weighted by atomic mass is 16.1. The predicted molar refractivity (Wildman–Crippen MR) is 110 cm³/mol. The molecule has 28 heavy (non-hydrogen) atoms. The molecule has 0 saturated heterocycles. The van der Waals surface area contributed by atoms with Gasteiger partial charge in [0.1, 0.15) is 11.5 Å². The second-order valence-corrected chi connectivity index (χ2v) is 6.62. The van der Waals surface area contributed by atoms with Gasteiger partial charge < -0.3 is 5.32 Å². The number of benzene rings is 2. The van der Waals surface area contributed by atoms with Crippen molar-refractivity contribution in [1.82, 2.24) is 14.8 Å². The molecular formula is C23H20N4O. The minimum Gasteiger partial charge on any atom is -0.306 e. The Morgan fingerprint density at radius 2 is 1.68 bits per heavy atom. The first-order valence-electron chi connectivity index (χ1n) is 9.10. The minimum atomic E-state index is -0.227. The van der Waals surface area contributed by atoms with Crippen molar-refractivity contribution in [2.75, 3.05) is 5.32 Å². The SMILES string of the molecule is Cc1ccc(NC(=O)c2cn(Cc3ccccc3)nc2-c2ccccc2)nc1. The molecule has 2 heterocycles. The Kier molecular flexibility index (Phi) is 4.97. The van der Waals surface area contributed by atoms with Crippen molar-refractivity contribution < 1.29 is 4.79 Å². The average molecular weight is 368 g/mol. The summed E-state index contributed by atoms with van der Waals surface area (Å²) in [5.41, 5.74) is 4.23. The van der Waals surface area contributed by atoms with Gasteiger partial charge in [-0.25, -0.2) is 4.98 Å². The smallest absolute Gasteiger partial charge is 0.260 e. The highest BCUT2D eigenvalue weighted by Crippen LogP contribution is 2.23. The Morgan fingerprint density at radius 1 is 0.964 bits per heavy atom. The van der Waals surface area contributed by atoms with Crippen molar-refractivity contribution in [3.8, 4) is 11.3 Å². The van der Waals surface area contributed by atoms with E-state index in [4.69, 9.17) is 0 Å². The van der Waals surface area contributed by atoms with Crippen LogP contribution >= 0.6 is 0 Å². The molecule has 0 unspecified atom stereocenters. The number of nitrogens with one attached hydrogen (secondary N) is 1. The Hall–Kier alpha value is -3.73. The maximum absolute atomic E-state index is 13.0. The van der Waals surface area contributed by atoms with Gasteiger partial charge in [0.05, 0.1) is 12.1 Å². The van der Waals surface area contributed by atoms with Crippen LogP contribution in [0.5, 0.6) is 0 Å². The summed E-state index contributed by atoms with van der Waals surface area (Å²) in [6.45, 7) is 2.55. The molecule has 2 aromatic heterocycles. The molecule has 0 bridgehead atoms. The molecule has 0 radical (unpaired) electrons.